The molecule has 1 aliphatic rings. The lowest BCUT2D eigenvalue weighted by Crippen LogP contribution is -2.35. The van der Waals surface area contributed by atoms with Crippen molar-refractivity contribution in [1.29, 1.82) is 0 Å². The Kier molecular flexibility index (Phi) is 4.64. The molecule has 4 heteroatoms. The first kappa shape index (κ1) is 18.6. The van der Waals surface area contributed by atoms with Gasteiger partial charge in [-0.2, -0.15) is 0 Å². The standard InChI is InChI=1S/C24H23NO2S/c1-15-16(2)23-19(17(3)22(15)26)11-13-24(4,27-23)12-10-18-8-9-21(28-18)20-7-5-6-14-25-20/h5-9,14,26H,11,13H2,1-4H3. The van der Waals surface area contributed by atoms with E-state index in [0.717, 1.165) is 56.3 Å². The highest BCUT2D eigenvalue weighted by Gasteiger charge is 2.33. The largest absolute Gasteiger partial charge is 0.507 e. The summed E-state index contributed by atoms with van der Waals surface area (Å²) in [4.78, 5) is 6.52. The van der Waals surface area contributed by atoms with Crippen molar-refractivity contribution in [2.24, 2.45) is 0 Å². The summed E-state index contributed by atoms with van der Waals surface area (Å²) in [5.74, 6) is 7.93. The molecule has 1 aromatic carbocycles. The molecule has 28 heavy (non-hydrogen) atoms. The number of aromatic nitrogens is 1. The number of hydrogen-bond donors (Lipinski definition) is 1. The van der Waals surface area contributed by atoms with Gasteiger partial charge in [0.25, 0.3) is 0 Å². The molecule has 2 aromatic heterocycles. The van der Waals surface area contributed by atoms with Crippen LogP contribution in [0.1, 0.15) is 40.5 Å². The molecular weight excluding hydrogens is 366 g/mol. The summed E-state index contributed by atoms with van der Waals surface area (Å²) in [6.45, 7) is 7.95. The summed E-state index contributed by atoms with van der Waals surface area (Å²) in [5, 5.41) is 10.3. The summed E-state index contributed by atoms with van der Waals surface area (Å²) in [5.41, 5.74) is 4.34. The second-order valence-electron chi connectivity index (χ2n) is 7.49. The zero-order valence-corrected chi connectivity index (χ0v) is 17.4. The van der Waals surface area contributed by atoms with E-state index in [0.29, 0.717) is 5.75 Å². The van der Waals surface area contributed by atoms with Gasteiger partial charge in [0.15, 0.2) is 5.60 Å². The Balaban J connectivity index is 1.62. The molecule has 0 saturated heterocycles. The Morgan fingerprint density at radius 2 is 1.93 bits per heavy atom. The van der Waals surface area contributed by atoms with Gasteiger partial charge in [-0.25, -0.2) is 0 Å². The number of phenols is 1. The monoisotopic (exact) mass is 389 g/mol. The molecule has 3 heterocycles. The SMILES string of the molecule is Cc1c(C)c2c(c(C)c1O)CCC(C)(C#Cc1ccc(-c3ccccn3)s1)O2. The van der Waals surface area contributed by atoms with Crippen molar-refractivity contribution in [3.8, 4) is 33.9 Å². The number of benzene rings is 1. The van der Waals surface area contributed by atoms with Crippen LogP contribution in [0.2, 0.25) is 0 Å². The van der Waals surface area contributed by atoms with Gasteiger partial charge in [-0.05, 0) is 81.0 Å². The van der Waals surface area contributed by atoms with Crippen molar-refractivity contribution >= 4 is 11.3 Å². The minimum absolute atomic E-state index is 0.384. The second-order valence-corrected chi connectivity index (χ2v) is 8.58. The minimum atomic E-state index is -0.539. The summed E-state index contributed by atoms with van der Waals surface area (Å²) in [6, 6.07) is 10.0. The molecule has 0 saturated carbocycles. The first-order valence-corrected chi connectivity index (χ1v) is 10.2. The highest BCUT2D eigenvalue weighted by atomic mass is 32.1. The fourth-order valence-corrected chi connectivity index (χ4v) is 4.42. The van der Waals surface area contributed by atoms with E-state index >= 15 is 0 Å². The molecule has 0 radical (unpaired) electrons. The van der Waals surface area contributed by atoms with Crippen LogP contribution in [0, 0.1) is 32.6 Å². The van der Waals surface area contributed by atoms with Crippen molar-refractivity contribution < 1.29 is 9.84 Å². The van der Waals surface area contributed by atoms with Crippen LogP contribution < -0.4 is 4.74 Å². The van der Waals surface area contributed by atoms with Crippen LogP contribution in [0.4, 0.5) is 0 Å². The first-order valence-electron chi connectivity index (χ1n) is 9.43. The Labute approximate surface area is 170 Å². The van der Waals surface area contributed by atoms with E-state index in [4.69, 9.17) is 4.74 Å². The van der Waals surface area contributed by atoms with E-state index in [1.165, 1.54) is 0 Å². The van der Waals surface area contributed by atoms with Gasteiger partial charge in [-0.1, -0.05) is 12.0 Å². The molecule has 0 amide bonds. The van der Waals surface area contributed by atoms with Gasteiger partial charge in [0.2, 0.25) is 0 Å². The molecule has 3 aromatic rings. The molecule has 0 aliphatic carbocycles. The lowest BCUT2D eigenvalue weighted by molar-refractivity contribution is 0.122. The Morgan fingerprint density at radius 1 is 1.11 bits per heavy atom. The Hall–Kier alpha value is -2.77. The summed E-state index contributed by atoms with van der Waals surface area (Å²) < 4.78 is 6.39. The predicted molar refractivity (Wildman–Crippen MR) is 114 cm³/mol. The molecule has 1 aliphatic heterocycles. The van der Waals surface area contributed by atoms with Crippen molar-refractivity contribution in [2.75, 3.05) is 0 Å². The van der Waals surface area contributed by atoms with Crippen LogP contribution in [-0.4, -0.2) is 15.7 Å². The van der Waals surface area contributed by atoms with Gasteiger partial charge in [-0.15, -0.1) is 11.3 Å². The molecule has 0 fully saturated rings. The third-order valence-corrected chi connectivity index (χ3v) is 6.52. The van der Waals surface area contributed by atoms with E-state index in [2.05, 4.69) is 22.9 Å². The zero-order chi connectivity index (χ0) is 19.9. The Morgan fingerprint density at radius 3 is 2.68 bits per heavy atom. The molecule has 1 unspecified atom stereocenters. The maximum absolute atomic E-state index is 10.3. The van der Waals surface area contributed by atoms with Crippen molar-refractivity contribution in [1.82, 2.24) is 4.98 Å². The molecule has 1 atom stereocenters. The number of pyridine rings is 1. The summed E-state index contributed by atoms with van der Waals surface area (Å²) in [7, 11) is 0. The average molecular weight is 390 g/mol. The fraction of sp³-hybridized carbons (Fsp3) is 0.292. The van der Waals surface area contributed by atoms with Crippen LogP contribution in [0.15, 0.2) is 36.5 Å². The molecule has 0 spiro atoms. The number of rotatable bonds is 1. The minimum Gasteiger partial charge on any atom is -0.507 e. The maximum atomic E-state index is 10.3. The lowest BCUT2D eigenvalue weighted by atomic mass is 9.87. The van der Waals surface area contributed by atoms with Gasteiger partial charge in [-0.3, -0.25) is 4.98 Å². The van der Waals surface area contributed by atoms with Crippen LogP contribution in [0.25, 0.3) is 10.6 Å². The number of fused-ring (bicyclic) bond motifs is 1. The quantitative estimate of drug-likeness (QED) is 0.553. The molecular formula is C24H23NO2S. The number of nitrogens with zero attached hydrogens (tertiary/aromatic N) is 1. The fourth-order valence-electron chi connectivity index (χ4n) is 3.58. The van der Waals surface area contributed by atoms with E-state index in [9.17, 15) is 5.11 Å². The van der Waals surface area contributed by atoms with Crippen molar-refractivity contribution in [3.63, 3.8) is 0 Å². The second kappa shape index (κ2) is 7.00. The third kappa shape index (κ3) is 3.27. The molecule has 142 valence electrons. The molecule has 0 bridgehead atoms. The predicted octanol–water partition coefficient (Wildman–Crippen LogP) is 5.58. The van der Waals surface area contributed by atoms with Gasteiger partial charge in [0.05, 0.1) is 15.4 Å². The number of aromatic hydroxyl groups is 1. The number of thiophene rings is 1. The van der Waals surface area contributed by atoms with E-state index in [1.807, 2.05) is 52.0 Å². The van der Waals surface area contributed by atoms with Gasteiger partial charge < -0.3 is 9.84 Å². The maximum Gasteiger partial charge on any atom is 0.167 e. The zero-order valence-electron chi connectivity index (χ0n) is 16.6. The van der Waals surface area contributed by atoms with Gasteiger partial charge in [0, 0.05) is 18.2 Å². The topological polar surface area (TPSA) is 42.4 Å². The number of hydrogen-bond acceptors (Lipinski definition) is 4. The van der Waals surface area contributed by atoms with Crippen LogP contribution in [0.3, 0.4) is 0 Å². The third-order valence-electron chi connectivity index (χ3n) is 5.49. The number of ether oxygens (including phenoxy) is 1. The van der Waals surface area contributed by atoms with Crippen molar-refractivity contribution in [3.05, 3.63) is 63.7 Å². The van der Waals surface area contributed by atoms with Gasteiger partial charge >= 0.3 is 0 Å². The Bertz CT molecular complexity index is 1110. The van der Waals surface area contributed by atoms with Gasteiger partial charge in [0.1, 0.15) is 11.5 Å². The van der Waals surface area contributed by atoms with Crippen LogP contribution >= 0.6 is 11.3 Å². The lowest BCUT2D eigenvalue weighted by Gasteiger charge is -2.34. The highest BCUT2D eigenvalue weighted by molar-refractivity contribution is 7.16. The van der Waals surface area contributed by atoms with Crippen LogP contribution in [-0.2, 0) is 6.42 Å². The molecule has 3 nitrogen and oxygen atoms in total. The first-order chi connectivity index (χ1) is 13.4. The van der Waals surface area contributed by atoms with E-state index in [-0.39, 0.29) is 0 Å². The van der Waals surface area contributed by atoms with Crippen LogP contribution in [0.5, 0.6) is 11.5 Å². The smallest absolute Gasteiger partial charge is 0.167 e. The number of phenolic OH excluding ortho intramolecular Hbond substituents is 1. The molecule has 1 N–H and O–H groups in total. The summed E-state index contributed by atoms with van der Waals surface area (Å²) >= 11 is 1.64. The van der Waals surface area contributed by atoms with E-state index in [1.54, 1.807) is 17.5 Å². The van der Waals surface area contributed by atoms with Crippen molar-refractivity contribution in [2.45, 2.75) is 46.1 Å². The van der Waals surface area contributed by atoms with E-state index < -0.39 is 5.60 Å². The highest BCUT2D eigenvalue weighted by Crippen LogP contribution is 2.43. The normalized spacial score (nSPS) is 18.0. The summed E-state index contributed by atoms with van der Waals surface area (Å²) in [6.07, 6.45) is 3.46. The average Bonchev–Trinajstić information content (AvgIpc) is 3.19. The molecule has 4 rings (SSSR count).